The van der Waals surface area contributed by atoms with Gasteiger partial charge in [-0.15, -0.1) is 0 Å². The van der Waals surface area contributed by atoms with Gasteiger partial charge in [-0.05, 0) is 32.7 Å². The molecule has 1 aromatic rings. The van der Waals surface area contributed by atoms with Crippen LogP contribution in [0.3, 0.4) is 0 Å². The van der Waals surface area contributed by atoms with Crippen molar-refractivity contribution in [3.8, 4) is 0 Å². The minimum Gasteiger partial charge on any atom is -0.464 e. The van der Waals surface area contributed by atoms with Crippen LogP contribution in [0.1, 0.15) is 37.7 Å². The van der Waals surface area contributed by atoms with Crippen LogP contribution in [0.2, 0.25) is 0 Å². The Bertz CT molecular complexity index is 532. The van der Waals surface area contributed by atoms with E-state index in [1.54, 1.807) is 20.0 Å². The van der Waals surface area contributed by atoms with Crippen LogP contribution in [-0.2, 0) is 16.6 Å². The Hall–Kier alpha value is -0.850. The molecule has 5 nitrogen and oxygen atoms in total. The molecule has 0 saturated heterocycles. The van der Waals surface area contributed by atoms with Crippen LogP contribution in [0.15, 0.2) is 15.4 Å². The number of hydrogen-bond acceptors (Lipinski definition) is 4. The summed E-state index contributed by atoms with van der Waals surface area (Å²) in [7, 11) is -1.76. The molecule has 1 aliphatic rings. The lowest BCUT2D eigenvalue weighted by Crippen LogP contribution is -2.29. The second kappa shape index (κ2) is 5.64. The fourth-order valence-corrected chi connectivity index (χ4v) is 3.64. The molecule has 0 amide bonds. The number of rotatable bonds is 7. The normalized spacial score (nSPS) is 16.2. The molecule has 1 fully saturated rings. The predicted molar refractivity (Wildman–Crippen MR) is 73.4 cm³/mol. The van der Waals surface area contributed by atoms with Gasteiger partial charge in [0.25, 0.3) is 0 Å². The molecular weight excluding hydrogens is 264 g/mol. The van der Waals surface area contributed by atoms with Gasteiger partial charge in [-0.3, -0.25) is 0 Å². The lowest BCUT2D eigenvalue weighted by molar-refractivity contribution is 0.447. The molecule has 2 rings (SSSR count). The Morgan fingerprint density at radius 3 is 2.74 bits per heavy atom. The highest BCUT2D eigenvalue weighted by molar-refractivity contribution is 7.89. The first-order chi connectivity index (χ1) is 8.96. The van der Waals surface area contributed by atoms with Crippen molar-refractivity contribution in [2.45, 2.75) is 50.6 Å². The Morgan fingerprint density at radius 1 is 1.47 bits per heavy atom. The molecule has 6 heteroatoms. The molecular formula is C13H22N2O3S. The zero-order valence-electron chi connectivity index (χ0n) is 11.8. The minimum absolute atomic E-state index is 0.168. The molecule has 0 aliphatic heterocycles. The standard InChI is InChI=1S/C13H22N2O3S/c1-4-7-14-9-12-8-13(10(2)18-12)19(16,17)15(3)11-5-6-11/h8,11,14H,4-7,9H2,1-3H3. The monoisotopic (exact) mass is 286 g/mol. The van der Waals surface area contributed by atoms with Crippen molar-refractivity contribution < 1.29 is 12.8 Å². The number of sulfonamides is 1. The molecule has 1 N–H and O–H groups in total. The fraction of sp³-hybridized carbons (Fsp3) is 0.692. The van der Waals surface area contributed by atoms with E-state index in [9.17, 15) is 8.42 Å². The van der Waals surface area contributed by atoms with Crippen LogP contribution in [0.5, 0.6) is 0 Å². The molecule has 1 saturated carbocycles. The van der Waals surface area contributed by atoms with Gasteiger partial charge in [-0.2, -0.15) is 4.31 Å². The minimum atomic E-state index is -3.40. The smallest absolute Gasteiger partial charge is 0.246 e. The summed E-state index contributed by atoms with van der Waals surface area (Å²) in [6.45, 7) is 5.25. The third-order valence-electron chi connectivity index (χ3n) is 3.37. The highest BCUT2D eigenvalue weighted by Gasteiger charge is 2.36. The van der Waals surface area contributed by atoms with Crippen LogP contribution >= 0.6 is 0 Å². The third kappa shape index (κ3) is 3.19. The second-order valence-corrected chi connectivity index (χ2v) is 7.03. The maximum Gasteiger partial charge on any atom is 0.246 e. The maximum absolute atomic E-state index is 12.4. The molecule has 19 heavy (non-hydrogen) atoms. The van der Waals surface area contributed by atoms with Gasteiger partial charge in [0, 0.05) is 19.2 Å². The van der Waals surface area contributed by atoms with Crippen LogP contribution < -0.4 is 5.32 Å². The average Bonchev–Trinajstić information content (AvgIpc) is 3.13. The van der Waals surface area contributed by atoms with E-state index < -0.39 is 10.0 Å². The summed E-state index contributed by atoms with van der Waals surface area (Å²) in [6, 6.07) is 1.81. The van der Waals surface area contributed by atoms with E-state index in [0.29, 0.717) is 23.0 Å². The first-order valence-corrected chi connectivity index (χ1v) is 8.19. The zero-order chi connectivity index (χ0) is 14.0. The van der Waals surface area contributed by atoms with Crippen LogP contribution in [-0.4, -0.2) is 32.4 Å². The molecule has 0 atom stereocenters. The Kier molecular flexibility index (Phi) is 4.32. The van der Waals surface area contributed by atoms with E-state index in [-0.39, 0.29) is 6.04 Å². The fourth-order valence-electron chi connectivity index (χ4n) is 2.05. The highest BCUT2D eigenvalue weighted by atomic mass is 32.2. The van der Waals surface area contributed by atoms with Gasteiger partial charge in [0.2, 0.25) is 10.0 Å². The second-order valence-electron chi connectivity index (χ2n) is 5.06. The van der Waals surface area contributed by atoms with Gasteiger partial charge in [0.05, 0.1) is 6.54 Å². The lowest BCUT2D eigenvalue weighted by atomic mass is 10.4. The molecule has 0 spiro atoms. The molecule has 1 aliphatic carbocycles. The number of nitrogens with one attached hydrogen (secondary N) is 1. The van der Waals surface area contributed by atoms with Gasteiger partial charge < -0.3 is 9.73 Å². The van der Waals surface area contributed by atoms with E-state index in [1.165, 1.54) is 4.31 Å². The third-order valence-corrected chi connectivity index (χ3v) is 5.38. The first kappa shape index (κ1) is 14.6. The summed E-state index contributed by atoms with van der Waals surface area (Å²) in [5.41, 5.74) is 0. The summed E-state index contributed by atoms with van der Waals surface area (Å²) in [5, 5.41) is 3.21. The molecule has 0 aromatic carbocycles. The van der Waals surface area contributed by atoms with Gasteiger partial charge in [-0.1, -0.05) is 6.92 Å². The van der Waals surface area contributed by atoms with Gasteiger partial charge in [0.1, 0.15) is 16.4 Å². The molecule has 1 aromatic heterocycles. The molecule has 108 valence electrons. The van der Waals surface area contributed by atoms with Crippen molar-refractivity contribution in [2.75, 3.05) is 13.6 Å². The summed E-state index contributed by atoms with van der Waals surface area (Å²) >= 11 is 0. The van der Waals surface area contributed by atoms with Crippen LogP contribution in [0, 0.1) is 6.92 Å². The predicted octanol–water partition coefficient (Wildman–Crippen LogP) is 1.87. The van der Waals surface area contributed by atoms with Gasteiger partial charge >= 0.3 is 0 Å². The van der Waals surface area contributed by atoms with Crippen molar-refractivity contribution in [3.63, 3.8) is 0 Å². The van der Waals surface area contributed by atoms with Gasteiger partial charge in [-0.25, -0.2) is 8.42 Å². The van der Waals surface area contributed by atoms with Crippen LogP contribution in [0.4, 0.5) is 0 Å². The Balaban J connectivity index is 2.15. The summed E-state index contributed by atoms with van der Waals surface area (Å²) in [5.74, 6) is 1.15. The SMILES string of the molecule is CCCNCc1cc(S(=O)(=O)N(C)C2CC2)c(C)o1. The molecule has 1 heterocycles. The van der Waals surface area contributed by atoms with Crippen molar-refractivity contribution in [2.24, 2.45) is 0 Å². The van der Waals surface area contributed by atoms with Gasteiger partial charge in [0.15, 0.2) is 0 Å². The highest BCUT2D eigenvalue weighted by Crippen LogP contribution is 2.32. The van der Waals surface area contributed by atoms with E-state index in [4.69, 9.17) is 4.42 Å². The topological polar surface area (TPSA) is 62.6 Å². The van der Waals surface area contributed by atoms with Crippen molar-refractivity contribution >= 4 is 10.0 Å². The van der Waals surface area contributed by atoms with E-state index in [2.05, 4.69) is 12.2 Å². The maximum atomic E-state index is 12.4. The average molecular weight is 286 g/mol. The quantitative estimate of drug-likeness (QED) is 0.777. The summed E-state index contributed by atoms with van der Waals surface area (Å²) in [4.78, 5) is 0.301. The molecule has 0 bridgehead atoms. The zero-order valence-corrected chi connectivity index (χ0v) is 12.6. The Labute approximate surface area is 115 Å². The number of nitrogens with zero attached hydrogens (tertiary/aromatic N) is 1. The van der Waals surface area contributed by atoms with Crippen molar-refractivity contribution in [1.29, 1.82) is 0 Å². The van der Waals surface area contributed by atoms with E-state index >= 15 is 0 Å². The van der Waals surface area contributed by atoms with E-state index in [1.807, 2.05) is 0 Å². The lowest BCUT2D eigenvalue weighted by Gasteiger charge is -2.15. The summed E-state index contributed by atoms with van der Waals surface area (Å²) < 4.78 is 31.8. The van der Waals surface area contributed by atoms with Crippen molar-refractivity contribution in [1.82, 2.24) is 9.62 Å². The molecule has 0 unspecified atom stereocenters. The summed E-state index contributed by atoms with van der Waals surface area (Å²) in [6.07, 6.45) is 2.95. The number of furan rings is 1. The first-order valence-electron chi connectivity index (χ1n) is 6.75. The van der Waals surface area contributed by atoms with Crippen molar-refractivity contribution in [3.05, 3.63) is 17.6 Å². The van der Waals surface area contributed by atoms with E-state index in [0.717, 1.165) is 25.8 Å². The molecule has 0 radical (unpaired) electrons. The Morgan fingerprint density at radius 2 is 2.16 bits per heavy atom. The number of hydrogen-bond donors (Lipinski definition) is 1. The number of aryl methyl sites for hydroxylation is 1. The largest absolute Gasteiger partial charge is 0.464 e. The van der Waals surface area contributed by atoms with Crippen LogP contribution in [0.25, 0.3) is 0 Å².